The minimum atomic E-state index is -3.59. The molecule has 0 spiro atoms. The number of carbonyl (C=O) groups excluding carboxylic acids is 1. The van der Waals surface area contributed by atoms with Gasteiger partial charge in [0.15, 0.2) is 0 Å². The Morgan fingerprint density at radius 2 is 1.79 bits per heavy atom. The largest absolute Gasteiger partial charge is 0.370 e. The molecule has 1 aromatic rings. The number of nitrogens with one attached hydrogen (secondary N) is 1. The van der Waals surface area contributed by atoms with Crippen LogP contribution in [0, 0.1) is 5.92 Å². The van der Waals surface area contributed by atoms with Gasteiger partial charge in [0, 0.05) is 32.6 Å². The van der Waals surface area contributed by atoms with Crippen molar-refractivity contribution < 1.29 is 13.2 Å². The van der Waals surface area contributed by atoms with Crippen molar-refractivity contribution in [3.05, 3.63) is 30.4 Å². The number of allylic oxidation sites excluding steroid dienone is 2. The van der Waals surface area contributed by atoms with Crippen LogP contribution < -0.4 is 10.2 Å². The number of sulfonamides is 1. The van der Waals surface area contributed by atoms with Gasteiger partial charge in [-0.25, -0.2) is 8.42 Å². The molecule has 1 aliphatic carbocycles. The molecule has 28 heavy (non-hydrogen) atoms. The molecule has 0 saturated carbocycles. The molecule has 0 bridgehead atoms. The van der Waals surface area contributed by atoms with Crippen molar-refractivity contribution in [1.29, 1.82) is 0 Å². The highest BCUT2D eigenvalue weighted by molar-refractivity contribution is 7.89. The Labute approximate surface area is 169 Å². The van der Waals surface area contributed by atoms with Gasteiger partial charge >= 0.3 is 0 Å². The van der Waals surface area contributed by atoms with Crippen LogP contribution in [0.4, 0.5) is 11.4 Å². The van der Waals surface area contributed by atoms with Crippen molar-refractivity contribution in [2.75, 3.05) is 36.4 Å². The Bertz CT molecular complexity index is 797. The molecule has 0 fully saturated rings. The molecule has 2 rings (SSSR count). The van der Waals surface area contributed by atoms with Gasteiger partial charge in [-0.15, -0.1) is 0 Å². The summed E-state index contributed by atoms with van der Waals surface area (Å²) in [5, 5.41) is 2.98. The van der Waals surface area contributed by atoms with Crippen LogP contribution in [0.5, 0.6) is 0 Å². The number of anilines is 2. The van der Waals surface area contributed by atoms with Gasteiger partial charge in [-0.3, -0.25) is 4.79 Å². The summed E-state index contributed by atoms with van der Waals surface area (Å²) in [6, 6.07) is 5.04. The minimum absolute atomic E-state index is 0.0812. The highest BCUT2D eigenvalue weighted by Crippen LogP contribution is 2.31. The van der Waals surface area contributed by atoms with Gasteiger partial charge in [0.2, 0.25) is 15.9 Å². The third-order valence-electron chi connectivity index (χ3n) is 5.25. The lowest BCUT2D eigenvalue weighted by Crippen LogP contribution is -2.31. The fourth-order valence-corrected chi connectivity index (χ4v) is 5.12. The maximum absolute atomic E-state index is 12.9. The molecular weight excluding hydrogens is 374 g/mol. The first-order chi connectivity index (χ1) is 13.4. The van der Waals surface area contributed by atoms with Gasteiger partial charge in [0.25, 0.3) is 0 Å². The number of carbonyl (C=O) groups is 1. The van der Waals surface area contributed by atoms with Crippen molar-refractivity contribution in [2.24, 2.45) is 5.92 Å². The zero-order valence-electron chi connectivity index (χ0n) is 17.4. The number of rotatable bonds is 10. The second-order valence-electron chi connectivity index (χ2n) is 6.96. The van der Waals surface area contributed by atoms with E-state index < -0.39 is 10.0 Å². The number of hydrogen-bond acceptors (Lipinski definition) is 4. The summed E-state index contributed by atoms with van der Waals surface area (Å²) in [5.74, 6) is 0.182. The van der Waals surface area contributed by atoms with Gasteiger partial charge < -0.3 is 10.2 Å². The normalized spacial score (nSPS) is 16.5. The fourth-order valence-electron chi connectivity index (χ4n) is 3.63. The molecular formula is C21H33N3O3S. The molecule has 0 heterocycles. The van der Waals surface area contributed by atoms with E-state index >= 15 is 0 Å². The van der Waals surface area contributed by atoms with Gasteiger partial charge in [0.05, 0.1) is 16.3 Å². The SMILES string of the molecule is CCN(CC)c1ccc(S(=O)(=O)N(CC)CC)cc1NC(=O)CC1C=CCC1. The van der Waals surface area contributed by atoms with Gasteiger partial charge in [-0.1, -0.05) is 26.0 Å². The molecule has 0 aliphatic heterocycles. The molecule has 1 atom stereocenters. The van der Waals surface area contributed by atoms with E-state index in [-0.39, 0.29) is 16.7 Å². The summed E-state index contributed by atoms with van der Waals surface area (Å²) in [4.78, 5) is 14.9. The maximum atomic E-state index is 12.9. The van der Waals surface area contributed by atoms with Crippen LogP contribution in [0.25, 0.3) is 0 Å². The number of nitrogens with zero attached hydrogens (tertiary/aromatic N) is 2. The lowest BCUT2D eigenvalue weighted by atomic mass is 10.0. The average Bonchev–Trinajstić information content (AvgIpc) is 3.17. The van der Waals surface area contributed by atoms with E-state index in [4.69, 9.17) is 0 Å². The standard InChI is InChI=1S/C21H33N3O3S/c1-5-23(6-2)20-14-13-18(28(26,27)24(7-3)8-4)16-19(20)22-21(25)15-17-11-9-10-12-17/h9,11,13-14,16-17H,5-8,10,12,15H2,1-4H3,(H,22,25). The van der Waals surface area contributed by atoms with E-state index in [9.17, 15) is 13.2 Å². The molecule has 0 aromatic heterocycles. The van der Waals surface area contributed by atoms with Crippen LogP contribution in [0.2, 0.25) is 0 Å². The van der Waals surface area contributed by atoms with Crippen LogP contribution in [0.15, 0.2) is 35.2 Å². The van der Waals surface area contributed by atoms with Crippen LogP contribution >= 0.6 is 0 Å². The van der Waals surface area contributed by atoms with E-state index in [1.807, 2.05) is 27.7 Å². The van der Waals surface area contributed by atoms with Crippen molar-refractivity contribution in [2.45, 2.75) is 51.9 Å². The van der Waals surface area contributed by atoms with Crippen molar-refractivity contribution in [3.8, 4) is 0 Å². The molecule has 1 aliphatic rings. The Morgan fingerprint density at radius 1 is 1.11 bits per heavy atom. The van der Waals surface area contributed by atoms with Crippen LogP contribution in [-0.2, 0) is 14.8 Å². The minimum Gasteiger partial charge on any atom is -0.370 e. The number of benzene rings is 1. The lowest BCUT2D eigenvalue weighted by molar-refractivity contribution is -0.116. The van der Waals surface area contributed by atoms with Crippen molar-refractivity contribution in [1.82, 2.24) is 4.31 Å². The molecule has 0 radical (unpaired) electrons. The molecule has 1 amide bonds. The predicted molar refractivity (Wildman–Crippen MR) is 115 cm³/mol. The predicted octanol–water partition coefficient (Wildman–Crippen LogP) is 3.86. The number of amides is 1. The Morgan fingerprint density at radius 3 is 2.32 bits per heavy atom. The first kappa shape index (κ1) is 22.4. The van der Waals surface area contributed by atoms with Crippen LogP contribution in [0.3, 0.4) is 0 Å². The third kappa shape index (κ3) is 5.14. The van der Waals surface area contributed by atoms with Crippen LogP contribution in [0.1, 0.15) is 47.0 Å². The highest BCUT2D eigenvalue weighted by Gasteiger charge is 2.24. The number of hydrogen-bond donors (Lipinski definition) is 1. The molecule has 156 valence electrons. The van der Waals surface area contributed by atoms with Crippen molar-refractivity contribution >= 4 is 27.3 Å². The van der Waals surface area contributed by atoms with Gasteiger partial charge in [-0.2, -0.15) is 4.31 Å². The van der Waals surface area contributed by atoms with E-state index in [0.29, 0.717) is 25.2 Å². The molecule has 1 aromatic carbocycles. The topological polar surface area (TPSA) is 69.7 Å². The summed E-state index contributed by atoms with van der Waals surface area (Å²) < 4.78 is 27.3. The fraction of sp³-hybridized carbons (Fsp3) is 0.571. The zero-order chi connectivity index (χ0) is 20.7. The zero-order valence-corrected chi connectivity index (χ0v) is 18.3. The molecule has 1 unspecified atom stereocenters. The summed E-state index contributed by atoms with van der Waals surface area (Å²) in [7, 11) is -3.59. The van der Waals surface area contributed by atoms with Crippen molar-refractivity contribution in [3.63, 3.8) is 0 Å². The first-order valence-electron chi connectivity index (χ1n) is 10.2. The van der Waals surface area contributed by atoms with E-state index in [2.05, 4.69) is 22.4 Å². The molecule has 1 N–H and O–H groups in total. The molecule has 0 saturated heterocycles. The monoisotopic (exact) mass is 407 g/mol. The average molecular weight is 408 g/mol. The summed E-state index contributed by atoms with van der Waals surface area (Å²) in [6.45, 7) is 10.1. The quantitative estimate of drug-likeness (QED) is 0.598. The summed E-state index contributed by atoms with van der Waals surface area (Å²) >= 11 is 0. The first-order valence-corrected chi connectivity index (χ1v) is 11.7. The Kier molecular flexibility index (Phi) is 8.07. The second kappa shape index (κ2) is 10.1. The third-order valence-corrected chi connectivity index (χ3v) is 7.30. The van der Waals surface area contributed by atoms with Gasteiger partial charge in [0.1, 0.15) is 0 Å². The lowest BCUT2D eigenvalue weighted by Gasteiger charge is -2.26. The van der Waals surface area contributed by atoms with E-state index in [0.717, 1.165) is 31.6 Å². The van der Waals surface area contributed by atoms with E-state index in [1.165, 1.54) is 4.31 Å². The summed E-state index contributed by atoms with van der Waals surface area (Å²) in [6.07, 6.45) is 6.62. The maximum Gasteiger partial charge on any atom is 0.243 e. The summed E-state index contributed by atoms with van der Waals surface area (Å²) in [5.41, 5.74) is 1.41. The van der Waals surface area contributed by atoms with Gasteiger partial charge in [-0.05, 0) is 50.8 Å². The van der Waals surface area contributed by atoms with E-state index in [1.54, 1.807) is 18.2 Å². The smallest absolute Gasteiger partial charge is 0.243 e. The second-order valence-corrected chi connectivity index (χ2v) is 8.90. The Hall–Kier alpha value is -1.86. The highest BCUT2D eigenvalue weighted by atomic mass is 32.2. The Balaban J connectivity index is 2.37. The van der Waals surface area contributed by atoms with Crippen LogP contribution in [-0.4, -0.2) is 44.8 Å². The molecule has 6 nitrogen and oxygen atoms in total. The molecule has 7 heteroatoms.